The molecule has 0 saturated heterocycles. The Hall–Kier alpha value is -1.06. The Bertz CT molecular complexity index is 413. The van der Waals surface area contributed by atoms with Crippen LogP contribution in [0.25, 0.3) is 0 Å². The third kappa shape index (κ3) is 2.85. The molecule has 3 nitrogen and oxygen atoms in total. The maximum absolute atomic E-state index is 11.8. The van der Waals surface area contributed by atoms with Crippen LogP contribution in [0.15, 0.2) is 30.3 Å². The van der Waals surface area contributed by atoms with E-state index in [1.165, 1.54) is 5.56 Å². The van der Waals surface area contributed by atoms with Crippen LogP contribution >= 0.6 is 11.8 Å². The SMILES string of the molecule is CC(C)(NCl)C(=O)O[C@H]1C[C@@H](c2ccccc2)C1. The van der Waals surface area contributed by atoms with E-state index in [1.54, 1.807) is 13.8 Å². The van der Waals surface area contributed by atoms with E-state index in [2.05, 4.69) is 17.0 Å². The minimum absolute atomic E-state index is 0.0204. The van der Waals surface area contributed by atoms with E-state index in [0.29, 0.717) is 5.92 Å². The highest BCUT2D eigenvalue weighted by Gasteiger charge is 2.37. The van der Waals surface area contributed by atoms with E-state index in [0.717, 1.165) is 12.8 Å². The van der Waals surface area contributed by atoms with Crippen molar-refractivity contribution in [2.75, 3.05) is 0 Å². The minimum Gasteiger partial charge on any atom is -0.461 e. The molecule has 18 heavy (non-hydrogen) atoms. The van der Waals surface area contributed by atoms with E-state index in [9.17, 15) is 4.79 Å². The van der Waals surface area contributed by atoms with Crippen LogP contribution in [0, 0.1) is 0 Å². The van der Waals surface area contributed by atoms with Gasteiger partial charge in [-0.05, 0) is 49.9 Å². The molecule has 4 heteroatoms. The summed E-state index contributed by atoms with van der Waals surface area (Å²) < 4.78 is 5.41. The fraction of sp³-hybridized carbons (Fsp3) is 0.500. The van der Waals surface area contributed by atoms with E-state index in [4.69, 9.17) is 16.5 Å². The van der Waals surface area contributed by atoms with Crippen molar-refractivity contribution in [1.29, 1.82) is 0 Å². The van der Waals surface area contributed by atoms with Gasteiger partial charge in [-0.25, -0.2) is 4.84 Å². The van der Waals surface area contributed by atoms with Crippen LogP contribution in [0.2, 0.25) is 0 Å². The number of nitrogens with one attached hydrogen (secondary N) is 1. The summed E-state index contributed by atoms with van der Waals surface area (Å²) in [5, 5.41) is 0. The van der Waals surface area contributed by atoms with Gasteiger partial charge in [-0.2, -0.15) is 0 Å². The summed E-state index contributed by atoms with van der Waals surface area (Å²) in [6.07, 6.45) is 1.81. The van der Waals surface area contributed by atoms with Gasteiger partial charge in [0.2, 0.25) is 0 Å². The number of esters is 1. The van der Waals surface area contributed by atoms with Crippen LogP contribution in [0.3, 0.4) is 0 Å². The molecule has 2 rings (SSSR count). The summed E-state index contributed by atoms with van der Waals surface area (Å²) in [6.45, 7) is 3.41. The van der Waals surface area contributed by atoms with Gasteiger partial charge in [0.15, 0.2) is 0 Å². The molecule has 0 spiro atoms. The van der Waals surface area contributed by atoms with Crippen molar-refractivity contribution in [2.24, 2.45) is 0 Å². The zero-order valence-corrected chi connectivity index (χ0v) is 11.4. The first-order valence-electron chi connectivity index (χ1n) is 6.17. The van der Waals surface area contributed by atoms with Gasteiger partial charge >= 0.3 is 5.97 Å². The minimum atomic E-state index is -0.834. The summed E-state index contributed by atoms with van der Waals surface area (Å²) in [4.78, 5) is 14.2. The van der Waals surface area contributed by atoms with Crippen molar-refractivity contribution in [2.45, 2.75) is 44.2 Å². The number of halogens is 1. The molecular weight excluding hydrogens is 250 g/mol. The number of benzene rings is 1. The Morgan fingerprint density at radius 3 is 2.50 bits per heavy atom. The third-order valence-electron chi connectivity index (χ3n) is 3.39. The molecule has 1 aliphatic carbocycles. The van der Waals surface area contributed by atoms with Crippen molar-refractivity contribution < 1.29 is 9.53 Å². The topological polar surface area (TPSA) is 38.3 Å². The summed E-state index contributed by atoms with van der Waals surface area (Å²) in [6, 6.07) is 10.3. The molecule has 0 radical (unpaired) electrons. The molecular formula is C14H18ClNO2. The predicted octanol–water partition coefficient (Wildman–Crippen LogP) is 3.00. The van der Waals surface area contributed by atoms with Crippen molar-refractivity contribution in [3.63, 3.8) is 0 Å². The van der Waals surface area contributed by atoms with Crippen LogP contribution < -0.4 is 4.84 Å². The smallest absolute Gasteiger partial charge is 0.327 e. The van der Waals surface area contributed by atoms with E-state index in [1.807, 2.05) is 18.2 Å². The molecule has 1 aliphatic rings. The molecule has 0 atom stereocenters. The van der Waals surface area contributed by atoms with Crippen LogP contribution in [0.4, 0.5) is 0 Å². The van der Waals surface area contributed by atoms with E-state index >= 15 is 0 Å². The van der Waals surface area contributed by atoms with Gasteiger partial charge in [0.05, 0.1) is 0 Å². The Kier molecular flexibility index (Phi) is 3.93. The zero-order valence-electron chi connectivity index (χ0n) is 10.7. The lowest BCUT2D eigenvalue weighted by Gasteiger charge is -2.36. The Balaban J connectivity index is 1.82. The second-order valence-corrected chi connectivity index (χ2v) is 5.51. The molecule has 0 amide bonds. The van der Waals surface area contributed by atoms with Crippen LogP contribution in [0.5, 0.6) is 0 Å². The Morgan fingerprint density at radius 1 is 1.33 bits per heavy atom. The number of ether oxygens (including phenoxy) is 1. The summed E-state index contributed by atoms with van der Waals surface area (Å²) in [5.74, 6) is 0.213. The quantitative estimate of drug-likeness (QED) is 0.673. The molecule has 0 aromatic heterocycles. The molecule has 0 unspecified atom stereocenters. The molecule has 1 aromatic carbocycles. The van der Waals surface area contributed by atoms with Crippen LogP contribution in [0.1, 0.15) is 38.2 Å². The summed E-state index contributed by atoms with van der Waals surface area (Å²) in [5.41, 5.74) is 0.485. The van der Waals surface area contributed by atoms with Crippen molar-refractivity contribution in [3.8, 4) is 0 Å². The predicted molar refractivity (Wildman–Crippen MR) is 71.4 cm³/mol. The van der Waals surface area contributed by atoms with Gasteiger partial charge in [-0.15, -0.1) is 0 Å². The lowest BCUT2D eigenvalue weighted by Crippen LogP contribution is -2.46. The molecule has 1 aromatic rings. The van der Waals surface area contributed by atoms with Crippen molar-refractivity contribution in [3.05, 3.63) is 35.9 Å². The number of rotatable bonds is 4. The maximum Gasteiger partial charge on any atom is 0.327 e. The monoisotopic (exact) mass is 267 g/mol. The fourth-order valence-electron chi connectivity index (χ4n) is 2.00. The van der Waals surface area contributed by atoms with Crippen LogP contribution in [-0.4, -0.2) is 17.6 Å². The lowest BCUT2D eigenvalue weighted by atomic mass is 9.77. The highest BCUT2D eigenvalue weighted by atomic mass is 35.5. The molecule has 1 N–H and O–H groups in total. The van der Waals surface area contributed by atoms with E-state index < -0.39 is 5.54 Å². The van der Waals surface area contributed by atoms with Gasteiger partial charge < -0.3 is 4.74 Å². The van der Waals surface area contributed by atoms with Crippen molar-refractivity contribution >= 4 is 17.7 Å². The first-order chi connectivity index (χ1) is 8.53. The first-order valence-corrected chi connectivity index (χ1v) is 6.54. The fourth-order valence-corrected chi connectivity index (χ4v) is 2.07. The number of hydrogen-bond acceptors (Lipinski definition) is 3. The number of hydrogen-bond donors (Lipinski definition) is 1. The molecule has 0 heterocycles. The molecule has 1 fully saturated rings. The van der Waals surface area contributed by atoms with Gasteiger partial charge in [-0.3, -0.25) is 4.79 Å². The first kappa shape index (κ1) is 13.4. The molecule has 98 valence electrons. The molecule has 1 saturated carbocycles. The number of carbonyl (C=O) groups excluding carboxylic acids is 1. The Morgan fingerprint density at radius 2 is 1.94 bits per heavy atom. The second kappa shape index (κ2) is 5.29. The van der Waals surface area contributed by atoms with Gasteiger partial charge in [0, 0.05) is 0 Å². The lowest BCUT2D eigenvalue weighted by molar-refractivity contribution is -0.159. The summed E-state index contributed by atoms with van der Waals surface area (Å²) in [7, 11) is 0. The normalized spacial score (nSPS) is 23.3. The van der Waals surface area contributed by atoms with E-state index in [-0.39, 0.29) is 12.1 Å². The largest absolute Gasteiger partial charge is 0.461 e. The third-order valence-corrected chi connectivity index (χ3v) is 3.86. The highest BCUT2D eigenvalue weighted by molar-refractivity contribution is 6.15. The van der Waals surface area contributed by atoms with Gasteiger partial charge in [0.1, 0.15) is 11.6 Å². The second-order valence-electron chi connectivity index (χ2n) is 5.33. The average molecular weight is 268 g/mol. The zero-order chi connectivity index (χ0) is 13.2. The van der Waals surface area contributed by atoms with Gasteiger partial charge in [-0.1, -0.05) is 30.3 Å². The number of carbonyl (C=O) groups is 1. The Labute approximate surface area is 113 Å². The molecule has 0 aliphatic heterocycles. The van der Waals surface area contributed by atoms with Crippen LogP contribution in [-0.2, 0) is 9.53 Å². The standard InChI is InChI=1S/C14H18ClNO2/c1-14(2,16-15)13(17)18-12-8-11(9-12)10-6-4-3-5-7-10/h3-7,11-12,16H,8-9H2,1-2H3/t11-,12+. The maximum atomic E-state index is 11.8. The highest BCUT2D eigenvalue weighted by Crippen LogP contribution is 2.38. The van der Waals surface area contributed by atoms with Gasteiger partial charge in [0.25, 0.3) is 0 Å². The summed E-state index contributed by atoms with van der Waals surface area (Å²) >= 11 is 5.51. The van der Waals surface area contributed by atoms with Crippen molar-refractivity contribution in [1.82, 2.24) is 4.84 Å². The molecule has 0 bridgehead atoms. The average Bonchev–Trinajstić information content (AvgIpc) is 2.33.